The number of nitriles is 1. The fourth-order valence-electron chi connectivity index (χ4n) is 2.30. The molecule has 0 aromatic rings. The van der Waals surface area contributed by atoms with Gasteiger partial charge in [-0.1, -0.05) is 0 Å². The summed E-state index contributed by atoms with van der Waals surface area (Å²) in [5.74, 6) is 0. The van der Waals surface area contributed by atoms with Crippen molar-refractivity contribution in [2.75, 3.05) is 39.6 Å². The summed E-state index contributed by atoms with van der Waals surface area (Å²) in [6.45, 7) is 8.44. The van der Waals surface area contributed by atoms with Crippen molar-refractivity contribution in [3.05, 3.63) is 0 Å². The SMILES string of the molecule is CCOP(=O)(OCC)C(SSC#N)(P(=O)(OCC)OCC)P(=O)(OCC)OCC. The van der Waals surface area contributed by atoms with Crippen LogP contribution in [0.15, 0.2) is 0 Å². The Hall–Kier alpha value is 0.640. The van der Waals surface area contributed by atoms with E-state index in [0.29, 0.717) is 21.6 Å². The first kappa shape index (κ1) is 29.6. The molecule has 172 valence electrons. The number of thiocyanates is 1. The maximum atomic E-state index is 14.1. The van der Waals surface area contributed by atoms with E-state index in [0.717, 1.165) is 0 Å². The molecule has 0 aliphatic heterocycles. The first-order chi connectivity index (χ1) is 13.7. The van der Waals surface area contributed by atoms with Gasteiger partial charge in [-0.3, -0.25) is 13.7 Å². The predicted octanol–water partition coefficient (Wildman–Crippen LogP) is 6.26. The van der Waals surface area contributed by atoms with Crippen molar-refractivity contribution >= 4 is 44.4 Å². The minimum Gasteiger partial charge on any atom is -0.307 e. The Morgan fingerprint density at radius 2 is 0.897 bits per heavy atom. The van der Waals surface area contributed by atoms with Crippen LogP contribution >= 0.6 is 44.4 Å². The van der Waals surface area contributed by atoms with Gasteiger partial charge in [0.1, 0.15) is 5.40 Å². The summed E-state index contributed by atoms with van der Waals surface area (Å²) in [5.41, 5.74) is 0. The van der Waals surface area contributed by atoms with Crippen LogP contribution in [0.1, 0.15) is 41.5 Å². The lowest BCUT2D eigenvalue weighted by Crippen LogP contribution is -2.31. The molecule has 0 radical (unpaired) electrons. The second-order valence-electron chi connectivity index (χ2n) is 4.83. The second-order valence-corrected chi connectivity index (χ2v) is 15.5. The van der Waals surface area contributed by atoms with Crippen molar-refractivity contribution < 1.29 is 40.8 Å². The molecular weight excluding hydrogens is 483 g/mol. The number of hydrogen-bond donors (Lipinski definition) is 0. The molecule has 0 fully saturated rings. The molecule has 0 amide bonds. The predicted molar refractivity (Wildman–Crippen MR) is 116 cm³/mol. The van der Waals surface area contributed by atoms with Gasteiger partial charge in [-0.2, -0.15) is 5.26 Å². The molecule has 0 N–H and O–H groups in total. The van der Waals surface area contributed by atoms with Crippen LogP contribution in [0.5, 0.6) is 0 Å². The van der Waals surface area contributed by atoms with Crippen molar-refractivity contribution in [2.45, 2.75) is 45.5 Å². The van der Waals surface area contributed by atoms with Gasteiger partial charge in [0, 0.05) is 10.8 Å². The van der Waals surface area contributed by atoms with Crippen LogP contribution in [0.2, 0.25) is 0 Å². The quantitative estimate of drug-likeness (QED) is 0.124. The van der Waals surface area contributed by atoms with Crippen LogP contribution in [0.25, 0.3) is 0 Å². The van der Waals surface area contributed by atoms with Gasteiger partial charge in [-0.25, -0.2) is 0 Å². The Morgan fingerprint density at radius 3 is 1.07 bits per heavy atom. The standard InChI is InChI=1S/C14H30NO9P3S2/c1-7-19-25(16,20-8-2)14(29-28-13-15,26(17,21-9-3)22-10-4)27(18,23-11-5)24-12-6/h7-12H2,1-6H3. The van der Waals surface area contributed by atoms with Gasteiger partial charge in [0.2, 0.25) is 0 Å². The molecule has 0 atom stereocenters. The molecule has 0 heterocycles. The van der Waals surface area contributed by atoms with Crippen LogP contribution in [0, 0.1) is 10.7 Å². The van der Waals surface area contributed by atoms with Crippen molar-refractivity contribution in [1.82, 2.24) is 0 Å². The molecule has 0 aliphatic rings. The Morgan fingerprint density at radius 1 is 0.655 bits per heavy atom. The Balaban J connectivity index is 7.41. The van der Waals surface area contributed by atoms with Crippen LogP contribution < -0.4 is 0 Å². The molecule has 15 heteroatoms. The summed E-state index contributed by atoms with van der Waals surface area (Å²) in [6.07, 6.45) is 0. The molecule has 0 rings (SSSR count). The van der Waals surface area contributed by atoms with E-state index in [4.69, 9.17) is 27.1 Å². The largest absolute Gasteiger partial charge is 0.372 e. The van der Waals surface area contributed by atoms with E-state index < -0.39 is 26.8 Å². The third kappa shape index (κ3) is 6.34. The van der Waals surface area contributed by atoms with Crippen LogP contribution in [0.4, 0.5) is 0 Å². The van der Waals surface area contributed by atoms with E-state index in [1.807, 2.05) is 0 Å². The molecule has 0 bridgehead atoms. The zero-order chi connectivity index (χ0) is 22.6. The highest BCUT2D eigenvalue weighted by molar-refractivity contribution is 8.82. The lowest BCUT2D eigenvalue weighted by atomic mass is 10.9. The highest BCUT2D eigenvalue weighted by Gasteiger charge is 2.78. The highest BCUT2D eigenvalue weighted by atomic mass is 33.1. The van der Waals surface area contributed by atoms with Gasteiger partial charge in [0.05, 0.1) is 39.6 Å². The van der Waals surface area contributed by atoms with Crippen LogP contribution in [0.3, 0.4) is 0 Å². The summed E-state index contributed by atoms with van der Waals surface area (Å²) in [6, 6.07) is 0. The van der Waals surface area contributed by atoms with E-state index in [1.165, 1.54) is 41.5 Å². The van der Waals surface area contributed by atoms with Crippen molar-refractivity contribution in [3.63, 3.8) is 0 Å². The average molecular weight is 513 g/mol. The maximum absolute atomic E-state index is 14.1. The molecule has 0 spiro atoms. The summed E-state index contributed by atoms with van der Waals surface area (Å²) in [4.78, 5) is 0. The Labute approximate surface area is 181 Å². The summed E-state index contributed by atoms with van der Waals surface area (Å²) >= 11 is 0. The Bertz CT molecular complexity index is 569. The van der Waals surface area contributed by atoms with E-state index in [2.05, 4.69) is 0 Å². The molecule has 0 aliphatic carbocycles. The van der Waals surface area contributed by atoms with Gasteiger partial charge < -0.3 is 27.1 Å². The maximum Gasteiger partial charge on any atom is 0.372 e. The Kier molecular flexibility index (Phi) is 14.2. The molecular formula is C14H30NO9P3S2. The lowest BCUT2D eigenvalue weighted by Gasteiger charge is -2.43. The molecule has 29 heavy (non-hydrogen) atoms. The zero-order valence-corrected chi connectivity index (χ0v) is 21.8. The van der Waals surface area contributed by atoms with Crippen molar-refractivity contribution in [1.29, 1.82) is 5.26 Å². The van der Waals surface area contributed by atoms with E-state index in [1.54, 1.807) is 5.40 Å². The fourth-order valence-corrected chi connectivity index (χ4v) is 17.4. The molecule has 10 nitrogen and oxygen atoms in total. The fraction of sp³-hybridized carbons (Fsp3) is 0.929. The van der Waals surface area contributed by atoms with Crippen molar-refractivity contribution in [3.8, 4) is 5.40 Å². The van der Waals surface area contributed by atoms with Crippen LogP contribution in [-0.4, -0.2) is 43.6 Å². The monoisotopic (exact) mass is 513 g/mol. The second kappa shape index (κ2) is 13.9. The zero-order valence-electron chi connectivity index (χ0n) is 17.5. The van der Waals surface area contributed by atoms with E-state index in [-0.39, 0.29) is 39.6 Å². The molecule has 0 unspecified atom stereocenters. The molecule has 0 aromatic carbocycles. The molecule has 0 saturated carbocycles. The van der Waals surface area contributed by atoms with Crippen molar-refractivity contribution in [2.24, 2.45) is 0 Å². The summed E-state index contributed by atoms with van der Waals surface area (Å²) in [7, 11) is -12.8. The van der Waals surface area contributed by atoms with Gasteiger partial charge in [0.15, 0.2) is 0 Å². The first-order valence-corrected chi connectivity index (χ1v) is 15.9. The van der Waals surface area contributed by atoms with Crippen LogP contribution in [-0.2, 0) is 40.8 Å². The smallest absolute Gasteiger partial charge is 0.307 e. The van der Waals surface area contributed by atoms with E-state index in [9.17, 15) is 19.0 Å². The molecule has 0 aromatic heterocycles. The highest BCUT2D eigenvalue weighted by Crippen LogP contribution is 2.95. The minimum atomic E-state index is -4.59. The van der Waals surface area contributed by atoms with Gasteiger partial charge in [-0.15, -0.1) is 0 Å². The molecule has 0 saturated heterocycles. The summed E-state index contributed by atoms with van der Waals surface area (Å²) in [5, 5.41) is 11.0. The van der Waals surface area contributed by atoms with Gasteiger partial charge >= 0.3 is 26.8 Å². The number of nitrogens with zero attached hydrogens (tertiary/aromatic N) is 1. The first-order valence-electron chi connectivity index (χ1n) is 9.09. The van der Waals surface area contributed by atoms with Gasteiger partial charge in [-0.05, 0) is 52.3 Å². The summed E-state index contributed by atoms with van der Waals surface area (Å²) < 4.78 is 72.3. The number of hydrogen-bond acceptors (Lipinski definition) is 12. The third-order valence-corrected chi connectivity index (χ3v) is 18.7. The van der Waals surface area contributed by atoms with E-state index >= 15 is 0 Å². The average Bonchev–Trinajstić information content (AvgIpc) is 2.63. The third-order valence-electron chi connectivity index (χ3n) is 3.06. The topological polar surface area (TPSA) is 130 Å². The lowest BCUT2D eigenvalue weighted by molar-refractivity contribution is 0.180. The normalized spacial score (nSPS) is 13.4. The minimum absolute atomic E-state index is 0.132. The van der Waals surface area contributed by atoms with Gasteiger partial charge in [0.25, 0.3) is 0 Å². The number of rotatable bonds is 17.